The Bertz CT molecular complexity index is 523. The van der Waals surface area contributed by atoms with Gasteiger partial charge in [0.15, 0.2) is 0 Å². The Morgan fingerprint density at radius 3 is 2.67 bits per heavy atom. The highest BCUT2D eigenvalue weighted by Gasteiger charge is 2.38. The molecule has 116 valence electrons. The number of rotatable bonds is 2. The van der Waals surface area contributed by atoms with Crippen LogP contribution in [0.2, 0.25) is 0 Å². The molecule has 0 radical (unpaired) electrons. The van der Waals surface area contributed by atoms with Crippen LogP contribution in [0.5, 0.6) is 0 Å². The second kappa shape index (κ2) is 5.73. The molecular weight excluding hydrogens is 258 g/mol. The van der Waals surface area contributed by atoms with Crippen molar-refractivity contribution in [1.29, 1.82) is 0 Å². The van der Waals surface area contributed by atoms with Crippen LogP contribution in [-0.2, 0) is 6.42 Å². The molecule has 3 rings (SSSR count). The molecule has 0 aliphatic carbocycles. The fourth-order valence-electron chi connectivity index (χ4n) is 4.22. The second-order valence-corrected chi connectivity index (χ2v) is 7.59. The highest BCUT2D eigenvalue weighted by molar-refractivity contribution is 5.41. The monoisotopic (exact) mass is 287 g/mol. The number of hydrogen-bond donors (Lipinski definition) is 1. The standard InChI is InChI=1S/C19H29NO/c1-12(2)7-16-11-20-6-5-15-8-13(3)14(4)9-17(15)18(20)10-19(16)21/h8-9,12,16,18-19,21H,5-7,10-11H2,1-4H3. The first kappa shape index (κ1) is 15.1. The molecule has 21 heavy (non-hydrogen) atoms. The van der Waals surface area contributed by atoms with Crippen molar-refractivity contribution in [3.05, 3.63) is 34.4 Å². The molecule has 1 saturated heterocycles. The molecule has 2 aliphatic rings. The highest BCUT2D eigenvalue weighted by atomic mass is 16.3. The summed E-state index contributed by atoms with van der Waals surface area (Å²) in [7, 11) is 0. The zero-order chi connectivity index (χ0) is 15.1. The number of benzene rings is 1. The Morgan fingerprint density at radius 1 is 1.24 bits per heavy atom. The van der Waals surface area contributed by atoms with Crippen molar-refractivity contribution in [2.24, 2.45) is 11.8 Å². The molecule has 2 aliphatic heterocycles. The summed E-state index contributed by atoms with van der Waals surface area (Å²) in [6.45, 7) is 11.1. The molecule has 2 heteroatoms. The maximum atomic E-state index is 10.6. The van der Waals surface area contributed by atoms with Crippen LogP contribution in [0.4, 0.5) is 0 Å². The van der Waals surface area contributed by atoms with Crippen LogP contribution < -0.4 is 0 Å². The molecule has 1 fully saturated rings. The average Bonchev–Trinajstić information content (AvgIpc) is 2.41. The number of hydrogen-bond acceptors (Lipinski definition) is 2. The molecule has 2 nitrogen and oxygen atoms in total. The van der Waals surface area contributed by atoms with Crippen molar-refractivity contribution in [2.45, 2.75) is 59.1 Å². The van der Waals surface area contributed by atoms with Gasteiger partial charge in [0.1, 0.15) is 0 Å². The van der Waals surface area contributed by atoms with Crippen LogP contribution >= 0.6 is 0 Å². The predicted molar refractivity (Wildman–Crippen MR) is 87.5 cm³/mol. The average molecular weight is 287 g/mol. The van der Waals surface area contributed by atoms with Crippen molar-refractivity contribution in [2.75, 3.05) is 13.1 Å². The molecule has 3 unspecified atom stereocenters. The Balaban J connectivity index is 1.85. The van der Waals surface area contributed by atoms with Crippen molar-refractivity contribution in [3.63, 3.8) is 0 Å². The molecule has 0 aromatic heterocycles. The minimum absolute atomic E-state index is 0.138. The van der Waals surface area contributed by atoms with Gasteiger partial charge in [0.2, 0.25) is 0 Å². The number of fused-ring (bicyclic) bond motifs is 3. The van der Waals surface area contributed by atoms with Gasteiger partial charge in [-0.05, 0) is 67.2 Å². The van der Waals surface area contributed by atoms with Gasteiger partial charge in [-0.2, -0.15) is 0 Å². The van der Waals surface area contributed by atoms with E-state index < -0.39 is 0 Å². The first-order chi connectivity index (χ1) is 9.95. The molecule has 0 bridgehead atoms. The third-order valence-electron chi connectivity index (χ3n) is 5.48. The van der Waals surface area contributed by atoms with Crippen LogP contribution in [-0.4, -0.2) is 29.2 Å². The van der Waals surface area contributed by atoms with Gasteiger partial charge in [-0.1, -0.05) is 26.0 Å². The summed E-state index contributed by atoms with van der Waals surface area (Å²) >= 11 is 0. The zero-order valence-corrected chi connectivity index (χ0v) is 13.9. The SMILES string of the molecule is Cc1cc2c(cc1C)C1CC(O)C(CC(C)C)CN1CC2. The highest BCUT2D eigenvalue weighted by Crippen LogP contribution is 2.40. The minimum atomic E-state index is -0.138. The zero-order valence-electron chi connectivity index (χ0n) is 13.9. The Morgan fingerprint density at radius 2 is 1.95 bits per heavy atom. The molecule has 0 spiro atoms. The molecular formula is C19H29NO. The summed E-state index contributed by atoms with van der Waals surface area (Å²) in [6, 6.07) is 5.18. The molecule has 1 aromatic carbocycles. The summed E-state index contributed by atoms with van der Waals surface area (Å²) in [5.41, 5.74) is 5.77. The third kappa shape index (κ3) is 2.89. The summed E-state index contributed by atoms with van der Waals surface area (Å²) in [5, 5.41) is 10.6. The van der Waals surface area contributed by atoms with Gasteiger partial charge >= 0.3 is 0 Å². The summed E-state index contributed by atoms with van der Waals surface area (Å²) < 4.78 is 0. The van der Waals surface area contributed by atoms with Gasteiger partial charge in [-0.3, -0.25) is 4.90 Å². The lowest BCUT2D eigenvalue weighted by Gasteiger charge is -2.46. The topological polar surface area (TPSA) is 23.5 Å². The van der Waals surface area contributed by atoms with E-state index in [0.717, 1.165) is 32.4 Å². The molecule has 2 heterocycles. The van der Waals surface area contributed by atoms with Crippen LogP contribution in [0.25, 0.3) is 0 Å². The van der Waals surface area contributed by atoms with E-state index in [2.05, 4.69) is 44.7 Å². The number of nitrogens with zero attached hydrogens (tertiary/aromatic N) is 1. The van der Waals surface area contributed by atoms with Gasteiger partial charge in [0, 0.05) is 19.1 Å². The number of piperidine rings is 1. The van der Waals surface area contributed by atoms with E-state index in [9.17, 15) is 5.11 Å². The van der Waals surface area contributed by atoms with Gasteiger partial charge in [-0.15, -0.1) is 0 Å². The molecule has 0 saturated carbocycles. The van der Waals surface area contributed by atoms with Crippen molar-refractivity contribution in [1.82, 2.24) is 4.90 Å². The van der Waals surface area contributed by atoms with E-state index in [0.29, 0.717) is 17.9 Å². The first-order valence-electron chi connectivity index (χ1n) is 8.48. The van der Waals surface area contributed by atoms with E-state index in [1.54, 1.807) is 0 Å². The van der Waals surface area contributed by atoms with E-state index in [1.807, 2.05) is 0 Å². The van der Waals surface area contributed by atoms with E-state index in [4.69, 9.17) is 0 Å². The van der Waals surface area contributed by atoms with Crippen molar-refractivity contribution >= 4 is 0 Å². The fourth-order valence-corrected chi connectivity index (χ4v) is 4.22. The van der Waals surface area contributed by atoms with Crippen LogP contribution in [0.3, 0.4) is 0 Å². The minimum Gasteiger partial charge on any atom is -0.393 e. The maximum absolute atomic E-state index is 10.6. The second-order valence-electron chi connectivity index (χ2n) is 7.59. The summed E-state index contributed by atoms with van der Waals surface area (Å²) in [5.74, 6) is 1.12. The smallest absolute Gasteiger partial charge is 0.0598 e. The molecule has 0 amide bonds. The third-order valence-corrected chi connectivity index (χ3v) is 5.48. The number of aliphatic hydroxyl groups is 1. The van der Waals surface area contributed by atoms with Crippen LogP contribution in [0.15, 0.2) is 12.1 Å². The summed E-state index contributed by atoms with van der Waals surface area (Å²) in [6.07, 6.45) is 3.08. The molecule has 1 aromatic rings. The van der Waals surface area contributed by atoms with Crippen LogP contribution in [0.1, 0.15) is 55.0 Å². The predicted octanol–water partition coefficient (Wildman–Crippen LogP) is 3.63. The van der Waals surface area contributed by atoms with E-state index in [1.165, 1.54) is 22.3 Å². The van der Waals surface area contributed by atoms with Gasteiger partial charge in [0.05, 0.1) is 6.10 Å². The molecule has 1 N–H and O–H groups in total. The number of aryl methyl sites for hydroxylation is 2. The van der Waals surface area contributed by atoms with E-state index >= 15 is 0 Å². The number of aliphatic hydroxyl groups excluding tert-OH is 1. The Hall–Kier alpha value is -0.860. The maximum Gasteiger partial charge on any atom is 0.0598 e. The van der Waals surface area contributed by atoms with E-state index in [-0.39, 0.29) is 6.10 Å². The largest absolute Gasteiger partial charge is 0.393 e. The van der Waals surface area contributed by atoms with Crippen molar-refractivity contribution in [3.8, 4) is 0 Å². The lowest BCUT2D eigenvalue weighted by atomic mass is 9.78. The van der Waals surface area contributed by atoms with Gasteiger partial charge < -0.3 is 5.11 Å². The van der Waals surface area contributed by atoms with Gasteiger partial charge in [0.25, 0.3) is 0 Å². The fraction of sp³-hybridized carbons (Fsp3) is 0.684. The quantitative estimate of drug-likeness (QED) is 0.898. The normalized spacial score (nSPS) is 29.3. The lowest BCUT2D eigenvalue weighted by molar-refractivity contribution is -0.0191. The van der Waals surface area contributed by atoms with Gasteiger partial charge in [-0.25, -0.2) is 0 Å². The summed E-state index contributed by atoms with van der Waals surface area (Å²) in [4.78, 5) is 2.62. The molecule has 3 atom stereocenters. The van der Waals surface area contributed by atoms with Crippen LogP contribution in [0, 0.1) is 25.7 Å². The van der Waals surface area contributed by atoms with Crippen molar-refractivity contribution < 1.29 is 5.11 Å². The lowest BCUT2D eigenvalue weighted by Crippen LogP contribution is -2.48. The Labute approximate surface area is 129 Å². The first-order valence-corrected chi connectivity index (χ1v) is 8.48. The Kier molecular flexibility index (Phi) is 4.11.